The van der Waals surface area contributed by atoms with Crippen molar-refractivity contribution in [3.63, 3.8) is 0 Å². The number of para-hydroxylation sites is 2. The Morgan fingerprint density at radius 2 is 1.52 bits per heavy atom. The van der Waals surface area contributed by atoms with Gasteiger partial charge in [0.15, 0.2) is 21.2 Å². The molecule has 0 aliphatic carbocycles. The van der Waals surface area contributed by atoms with Gasteiger partial charge in [-0.1, -0.05) is 12.1 Å². The molecule has 1 aromatic heterocycles. The average molecular weight is 364 g/mol. The Bertz CT molecular complexity index is 769. The molecule has 0 aliphatic heterocycles. The van der Waals surface area contributed by atoms with Gasteiger partial charge < -0.3 is 4.55 Å². The topological polar surface area (TPSA) is 66.0 Å². The van der Waals surface area contributed by atoms with Gasteiger partial charge in [0.1, 0.15) is 0 Å². The van der Waals surface area contributed by atoms with E-state index in [0.717, 1.165) is 9.13 Å². The van der Waals surface area contributed by atoms with Gasteiger partial charge in [0, 0.05) is 0 Å². The zero-order valence-electron chi connectivity index (χ0n) is 11.6. The van der Waals surface area contributed by atoms with Crippen LogP contribution in [0.2, 0.25) is 0 Å². The van der Waals surface area contributed by atoms with Crippen molar-refractivity contribution in [2.45, 2.75) is 11.7 Å². The van der Waals surface area contributed by atoms with E-state index in [9.17, 15) is 26.3 Å². The number of nitrogens with zero attached hydrogens (tertiary/aromatic N) is 2. The van der Waals surface area contributed by atoms with Crippen LogP contribution in [0.3, 0.4) is 0 Å². The molecule has 0 bridgehead atoms. The molecule has 0 saturated carbocycles. The molecule has 23 heavy (non-hydrogen) atoms. The van der Waals surface area contributed by atoms with Crippen molar-refractivity contribution in [1.82, 2.24) is 4.57 Å². The SMILES string of the molecule is Cn1c(C(F)(F)F)[n+](C)c2ccccc21.O=S(=O)([O-])C(F)(F)F. The minimum Gasteiger partial charge on any atom is -0.741 e. The summed E-state index contributed by atoms with van der Waals surface area (Å²) in [5, 5.41) is 0. The number of imidazole rings is 1. The van der Waals surface area contributed by atoms with Crippen LogP contribution in [0.15, 0.2) is 24.3 Å². The van der Waals surface area contributed by atoms with Crippen LogP contribution >= 0.6 is 0 Å². The minimum atomic E-state index is -6.09. The molecule has 0 fully saturated rings. The summed E-state index contributed by atoms with van der Waals surface area (Å²) in [6, 6.07) is 6.79. The lowest BCUT2D eigenvalue weighted by atomic mass is 10.3. The van der Waals surface area contributed by atoms with Crippen LogP contribution in [-0.4, -0.2) is 23.0 Å². The maximum absolute atomic E-state index is 12.7. The Morgan fingerprint density at radius 3 is 1.87 bits per heavy atom. The van der Waals surface area contributed by atoms with Crippen molar-refractivity contribution in [2.75, 3.05) is 0 Å². The first kappa shape index (κ1) is 19.2. The monoisotopic (exact) mass is 364 g/mol. The summed E-state index contributed by atoms with van der Waals surface area (Å²) in [4.78, 5) is 0. The minimum absolute atomic E-state index is 0.576. The highest BCUT2D eigenvalue weighted by Gasteiger charge is 2.45. The van der Waals surface area contributed by atoms with Crippen LogP contribution in [0.25, 0.3) is 11.0 Å². The van der Waals surface area contributed by atoms with Gasteiger partial charge in [-0.2, -0.15) is 26.3 Å². The standard InChI is InChI=1S/C10H10F3N2.CHF3O3S/c1-14-7-5-3-4-6-8(7)15(2)9(14)10(11,12)13;2-1(3,4)8(5,6)7/h3-6H,1-2H3;(H,5,6,7)/q+1;/p-1. The Balaban J connectivity index is 0.000000284. The number of aryl methyl sites for hydroxylation is 2. The van der Waals surface area contributed by atoms with Crippen molar-refractivity contribution in [3.05, 3.63) is 30.1 Å². The Morgan fingerprint density at radius 1 is 1.09 bits per heavy atom. The van der Waals surface area contributed by atoms with Gasteiger partial charge in [-0.05, 0) is 12.1 Å². The highest BCUT2D eigenvalue weighted by Crippen LogP contribution is 2.28. The highest BCUT2D eigenvalue weighted by atomic mass is 32.2. The first-order valence-electron chi connectivity index (χ1n) is 5.70. The van der Waals surface area contributed by atoms with Gasteiger partial charge in [0.25, 0.3) is 0 Å². The zero-order chi connectivity index (χ0) is 18.2. The number of fused-ring (bicyclic) bond motifs is 1. The van der Waals surface area contributed by atoms with Crippen molar-refractivity contribution in [1.29, 1.82) is 0 Å². The summed E-state index contributed by atoms with van der Waals surface area (Å²) in [5.41, 5.74) is -4.49. The maximum Gasteiger partial charge on any atom is 0.495 e. The number of rotatable bonds is 0. The third-order valence-electron chi connectivity index (χ3n) is 2.78. The van der Waals surface area contributed by atoms with Crippen LogP contribution in [0, 0.1) is 0 Å². The normalized spacial score (nSPS) is 12.9. The van der Waals surface area contributed by atoms with E-state index in [2.05, 4.69) is 0 Å². The van der Waals surface area contributed by atoms with E-state index in [1.807, 2.05) is 0 Å². The second-order valence-electron chi connectivity index (χ2n) is 4.33. The van der Waals surface area contributed by atoms with Crippen LogP contribution < -0.4 is 4.57 Å². The number of alkyl halides is 6. The molecule has 0 saturated heterocycles. The molecule has 0 spiro atoms. The van der Waals surface area contributed by atoms with Gasteiger partial charge >= 0.3 is 17.5 Å². The molecule has 0 radical (unpaired) electrons. The second kappa shape index (κ2) is 6.00. The second-order valence-corrected chi connectivity index (χ2v) is 5.70. The molecule has 0 N–H and O–H groups in total. The summed E-state index contributed by atoms with van der Waals surface area (Å²) >= 11 is 0. The van der Waals surface area contributed by atoms with E-state index in [1.165, 1.54) is 14.1 Å². The van der Waals surface area contributed by atoms with Gasteiger partial charge in [0.2, 0.25) is 0 Å². The van der Waals surface area contributed by atoms with Crippen LogP contribution in [0.4, 0.5) is 26.3 Å². The predicted molar refractivity (Wildman–Crippen MR) is 64.8 cm³/mol. The quantitative estimate of drug-likeness (QED) is 0.311. The molecule has 0 unspecified atom stereocenters. The Labute approximate surface area is 126 Å². The summed E-state index contributed by atoms with van der Waals surface area (Å²) < 4.78 is 99.3. The first-order valence-corrected chi connectivity index (χ1v) is 7.11. The van der Waals surface area contributed by atoms with E-state index in [0.29, 0.717) is 11.0 Å². The molecule has 1 aromatic carbocycles. The number of hydrogen-bond donors (Lipinski definition) is 0. The fourth-order valence-electron chi connectivity index (χ4n) is 1.86. The summed E-state index contributed by atoms with van der Waals surface area (Å²) in [7, 11) is -3.25. The molecule has 130 valence electrons. The van der Waals surface area contributed by atoms with Crippen LogP contribution in [-0.2, 0) is 30.4 Å². The molecular weight excluding hydrogens is 354 g/mol. The molecule has 0 atom stereocenters. The van der Waals surface area contributed by atoms with Gasteiger partial charge in [-0.3, -0.25) is 0 Å². The number of benzene rings is 1. The summed E-state index contributed by atoms with van der Waals surface area (Å²) in [5.74, 6) is -0.649. The summed E-state index contributed by atoms with van der Waals surface area (Å²) in [6.07, 6.45) is -4.33. The van der Waals surface area contributed by atoms with Gasteiger partial charge in [0.05, 0.1) is 14.1 Å². The smallest absolute Gasteiger partial charge is 0.495 e. The van der Waals surface area contributed by atoms with E-state index >= 15 is 0 Å². The third kappa shape index (κ3) is 4.13. The zero-order valence-corrected chi connectivity index (χ0v) is 12.4. The lowest BCUT2D eigenvalue weighted by molar-refractivity contribution is -0.667. The molecule has 1 heterocycles. The average Bonchev–Trinajstić information content (AvgIpc) is 2.60. The maximum atomic E-state index is 12.7. The number of halogens is 6. The lowest BCUT2D eigenvalue weighted by Crippen LogP contribution is -2.37. The van der Waals surface area contributed by atoms with Crippen molar-refractivity contribution in [2.24, 2.45) is 14.1 Å². The van der Waals surface area contributed by atoms with Crippen LogP contribution in [0.5, 0.6) is 0 Å². The molecule has 2 aromatic rings. The Hall–Kier alpha value is -1.82. The molecule has 2 rings (SSSR count). The fourth-order valence-corrected chi connectivity index (χ4v) is 1.86. The largest absolute Gasteiger partial charge is 0.741 e. The molecule has 12 heteroatoms. The molecule has 0 amide bonds. The number of aromatic nitrogens is 2. The van der Waals surface area contributed by atoms with E-state index in [-0.39, 0.29) is 0 Å². The summed E-state index contributed by atoms with van der Waals surface area (Å²) in [6.45, 7) is 0. The Kier molecular flexibility index (Phi) is 5.01. The molecule has 5 nitrogen and oxygen atoms in total. The highest BCUT2D eigenvalue weighted by molar-refractivity contribution is 7.86. The third-order valence-corrected chi connectivity index (χ3v) is 3.34. The molecule has 0 aliphatic rings. The van der Waals surface area contributed by atoms with E-state index < -0.39 is 27.6 Å². The van der Waals surface area contributed by atoms with Crippen molar-refractivity contribution in [3.8, 4) is 0 Å². The van der Waals surface area contributed by atoms with Crippen molar-refractivity contribution < 1.29 is 43.9 Å². The first-order chi connectivity index (χ1) is 10.2. The van der Waals surface area contributed by atoms with Gasteiger partial charge in [-0.15, -0.1) is 0 Å². The molecular formula is C11H10F6N2O3S. The van der Waals surface area contributed by atoms with Crippen molar-refractivity contribution >= 4 is 21.2 Å². The van der Waals surface area contributed by atoms with E-state index in [4.69, 9.17) is 13.0 Å². The van der Waals surface area contributed by atoms with E-state index in [1.54, 1.807) is 24.3 Å². The number of hydrogen-bond acceptors (Lipinski definition) is 3. The predicted octanol–water partition coefficient (Wildman–Crippen LogP) is 2.07. The fraction of sp³-hybridized carbons (Fsp3) is 0.364. The van der Waals surface area contributed by atoms with Gasteiger partial charge in [-0.25, -0.2) is 17.6 Å². The van der Waals surface area contributed by atoms with Crippen LogP contribution in [0.1, 0.15) is 5.82 Å². The lowest BCUT2D eigenvalue weighted by Gasteiger charge is -2.08.